The van der Waals surface area contributed by atoms with Crippen LogP contribution >= 0.6 is 0 Å². The molecule has 0 heterocycles. The Morgan fingerprint density at radius 2 is 1.56 bits per heavy atom. The number of anilines is 1. The molecule has 12 heteroatoms. The van der Waals surface area contributed by atoms with E-state index in [-0.39, 0.29) is 37.8 Å². The molecule has 0 unspecified atom stereocenters. The van der Waals surface area contributed by atoms with Gasteiger partial charge < -0.3 is 36.0 Å². The molecule has 1 aromatic carbocycles. The van der Waals surface area contributed by atoms with Crippen molar-refractivity contribution < 1.29 is 33.8 Å². The SMILES string of the molecule is CC(C)[C@H](NC(=O)CCCC(=O)N(C)C)C(=O)N[C@@H](CNC(=O)OC(C)(C)C)C(=O)Nc1ccc(CO)cc1. The molecule has 0 aliphatic heterocycles. The van der Waals surface area contributed by atoms with Gasteiger partial charge in [-0.2, -0.15) is 0 Å². The number of carbonyl (C=O) groups is 5. The summed E-state index contributed by atoms with van der Waals surface area (Å²) in [4.78, 5) is 64.1. The fourth-order valence-corrected chi connectivity index (χ4v) is 3.30. The predicted molar refractivity (Wildman–Crippen MR) is 146 cm³/mol. The summed E-state index contributed by atoms with van der Waals surface area (Å²) in [6.07, 6.45) is -0.168. The first-order chi connectivity index (χ1) is 18.1. The Hall–Kier alpha value is -3.67. The zero-order valence-corrected chi connectivity index (χ0v) is 23.9. The minimum absolute atomic E-state index is 0.0596. The molecule has 0 radical (unpaired) electrons. The molecule has 218 valence electrons. The maximum Gasteiger partial charge on any atom is 0.407 e. The molecule has 5 amide bonds. The van der Waals surface area contributed by atoms with Crippen molar-refractivity contribution in [2.24, 2.45) is 5.92 Å². The summed E-state index contributed by atoms with van der Waals surface area (Å²) in [5, 5.41) is 19.7. The molecule has 0 saturated heterocycles. The molecule has 39 heavy (non-hydrogen) atoms. The molecule has 1 rings (SSSR count). The number of carbonyl (C=O) groups excluding carboxylic acids is 5. The molecule has 2 atom stereocenters. The van der Waals surface area contributed by atoms with Crippen molar-refractivity contribution in [1.82, 2.24) is 20.9 Å². The van der Waals surface area contributed by atoms with Gasteiger partial charge in [0, 0.05) is 32.6 Å². The van der Waals surface area contributed by atoms with Crippen LogP contribution in [0.5, 0.6) is 0 Å². The number of nitrogens with one attached hydrogen (secondary N) is 4. The lowest BCUT2D eigenvalue weighted by Crippen LogP contribution is -2.57. The molecule has 0 fully saturated rings. The first-order valence-electron chi connectivity index (χ1n) is 12.9. The van der Waals surface area contributed by atoms with E-state index in [9.17, 15) is 29.1 Å². The zero-order valence-electron chi connectivity index (χ0n) is 23.9. The summed E-state index contributed by atoms with van der Waals surface area (Å²) in [6, 6.07) is 4.32. The molecule has 0 aliphatic carbocycles. The number of amides is 5. The summed E-state index contributed by atoms with van der Waals surface area (Å²) in [6.45, 7) is 8.16. The van der Waals surface area contributed by atoms with Crippen molar-refractivity contribution in [1.29, 1.82) is 0 Å². The molecule has 1 aromatic rings. The van der Waals surface area contributed by atoms with E-state index in [2.05, 4.69) is 21.3 Å². The molecular weight excluding hydrogens is 506 g/mol. The highest BCUT2D eigenvalue weighted by Crippen LogP contribution is 2.11. The number of hydrogen-bond donors (Lipinski definition) is 5. The smallest absolute Gasteiger partial charge is 0.407 e. The van der Waals surface area contributed by atoms with Gasteiger partial charge in [0.15, 0.2) is 0 Å². The lowest BCUT2D eigenvalue weighted by Gasteiger charge is -2.26. The molecule has 12 nitrogen and oxygen atoms in total. The van der Waals surface area contributed by atoms with Gasteiger partial charge in [-0.3, -0.25) is 19.2 Å². The monoisotopic (exact) mass is 549 g/mol. The van der Waals surface area contributed by atoms with Crippen LogP contribution in [0.3, 0.4) is 0 Å². The van der Waals surface area contributed by atoms with Gasteiger partial charge in [0.2, 0.25) is 23.6 Å². The summed E-state index contributed by atoms with van der Waals surface area (Å²) in [5.41, 5.74) is 0.324. The molecule has 0 aromatic heterocycles. The number of ether oxygens (including phenoxy) is 1. The number of alkyl carbamates (subject to hydrolysis) is 1. The van der Waals surface area contributed by atoms with Crippen LogP contribution in [0.15, 0.2) is 24.3 Å². The van der Waals surface area contributed by atoms with Crippen molar-refractivity contribution in [3.05, 3.63) is 29.8 Å². The number of rotatable bonds is 13. The Bertz CT molecular complexity index is 987. The third-order valence-electron chi connectivity index (χ3n) is 5.45. The molecule has 5 N–H and O–H groups in total. The van der Waals surface area contributed by atoms with Gasteiger partial charge in [0.1, 0.15) is 17.7 Å². The van der Waals surface area contributed by atoms with Crippen LogP contribution < -0.4 is 21.3 Å². The second-order valence-electron chi connectivity index (χ2n) is 10.7. The topological polar surface area (TPSA) is 166 Å². The molecule has 0 saturated carbocycles. The Balaban J connectivity index is 2.94. The second-order valence-corrected chi connectivity index (χ2v) is 10.7. The fraction of sp³-hybridized carbons (Fsp3) is 0.593. The quantitative estimate of drug-likeness (QED) is 0.249. The largest absolute Gasteiger partial charge is 0.444 e. The third-order valence-corrected chi connectivity index (χ3v) is 5.45. The normalized spacial score (nSPS) is 12.6. The average Bonchev–Trinajstić information content (AvgIpc) is 2.83. The minimum Gasteiger partial charge on any atom is -0.444 e. The number of hydrogen-bond acceptors (Lipinski definition) is 7. The van der Waals surface area contributed by atoms with Gasteiger partial charge in [0.25, 0.3) is 0 Å². The molecule has 0 aliphatic rings. The molecule has 0 bridgehead atoms. The summed E-state index contributed by atoms with van der Waals surface area (Å²) < 4.78 is 5.22. The van der Waals surface area contributed by atoms with E-state index in [1.807, 2.05) is 0 Å². The third kappa shape index (κ3) is 13.1. The van der Waals surface area contributed by atoms with Crippen LogP contribution in [0.2, 0.25) is 0 Å². The average molecular weight is 550 g/mol. The standard InChI is InChI=1S/C27H43N5O7/c1-17(2)23(31-21(34)9-8-10-22(35)32(6)7)25(37)30-20(15-28-26(38)39-27(3,4)5)24(36)29-19-13-11-18(16-33)12-14-19/h11-14,17,20,23,33H,8-10,15-16H2,1-7H3,(H,28,38)(H,29,36)(H,30,37)(H,31,34)/t20-,23-/m0/s1. The van der Waals surface area contributed by atoms with Crippen molar-refractivity contribution in [2.45, 2.75) is 78.2 Å². The van der Waals surface area contributed by atoms with Crippen molar-refractivity contribution in [3.63, 3.8) is 0 Å². The molecular formula is C27H43N5O7. The van der Waals surface area contributed by atoms with Crippen LogP contribution in [-0.4, -0.2) is 78.1 Å². The van der Waals surface area contributed by atoms with E-state index in [4.69, 9.17) is 4.74 Å². The van der Waals surface area contributed by atoms with Crippen LogP contribution in [-0.2, 0) is 30.5 Å². The summed E-state index contributed by atoms with van der Waals surface area (Å²) in [5.74, 6) is -2.02. The number of aliphatic hydroxyl groups is 1. The highest BCUT2D eigenvalue weighted by Gasteiger charge is 2.29. The highest BCUT2D eigenvalue weighted by molar-refractivity contribution is 5.99. The summed E-state index contributed by atoms with van der Waals surface area (Å²) >= 11 is 0. The van der Waals surface area contributed by atoms with Crippen LogP contribution in [0.1, 0.15) is 59.4 Å². The van der Waals surface area contributed by atoms with Crippen molar-refractivity contribution >= 4 is 35.4 Å². The van der Waals surface area contributed by atoms with Gasteiger partial charge in [-0.25, -0.2) is 4.79 Å². The van der Waals surface area contributed by atoms with Crippen molar-refractivity contribution in [3.8, 4) is 0 Å². The molecule has 0 spiro atoms. The van der Waals surface area contributed by atoms with E-state index in [1.54, 1.807) is 73.0 Å². The van der Waals surface area contributed by atoms with Gasteiger partial charge in [-0.15, -0.1) is 0 Å². The van der Waals surface area contributed by atoms with Crippen LogP contribution in [0.4, 0.5) is 10.5 Å². The number of aliphatic hydroxyl groups excluding tert-OH is 1. The van der Waals surface area contributed by atoms with Crippen LogP contribution in [0.25, 0.3) is 0 Å². The predicted octanol–water partition coefficient (Wildman–Crippen LogP) is 1.53. The lowest BCUT2D eigenvalue weighted by molar-refractivity contribution is -0.132. The Morgan fingerprint density at radius 1 is 0.949 bits per heavy atom. The van der Waals surface area contributed by atoms with E-state index < -0.39 is 41.5 Å². The Morgan fingerprint density at radius 3 is 2.08 bits per heavy atom. The van der Waals surface area contributed by atoms with E-state index in [1.165, 1.54) is 4.90 Å². The highest BCUT2D eigenvalue weighted by atomic mass is 16.6. The first kappa shape index (κ1) is 33.4. The van der Waals surface area contributed by atoms with E-state index >= 15 is 0 Å². The maximum absolute atomic E-state index is 13.2. The summed E-state index contributed by atoms with van der Waals surface area (Å²) in [7, 11) is 3.27. The first-order valence-corrected chi connectivity index (χ1v) is 12.9. The van der Waals surface area contributed by atoms with E-state index in [0.29, 0.717) is 17.7 Å². The van der Waals surface area contributed by atoms with E-state index in [0.717, 1.165) is 0 Å². The fourth-order valence-electron chi connectivity index (χ4n) is 3.30. The van der Waals surface area contributed by atoms with Gasteiger partial charge in [-0.05, 0) is 50.8 Å². The second kappa shape index (κ2) is 15.7. The zero-order chi connectivity index (χ0) is 29.8. The van der Waals surface area contributed by atoms with Gasteiger partial charge in [-0.1, -0.05) is 26.0 Å². The number of nitrogens with zero attached hydrogens (tertiary/aromatic N) is 1. The van der Waals surface area contributed by atoms with Gasteiger partial charge in [0.05, 0.1) is 13.2 Å². The maximum atomic E-state index is 13.2. The van der Waals surface area contributed by atoms with Gasteiger partial charge >= 0.3 is 6.09 Å². The van der Waals surface area contributed by atoms with Crippen molar-refractivity contribution in [2.75, 3.05) is 26.0 Å². The number of benzene rings is 1. The van der Waals surface area contributed by atoms with Crippen LogP contribution in [0, 0.1) is 5.92 Å². The Kier molecular flexibility index (Phi) is 13.4. The Labute approximate surface area is 230 Å². The minimum atomic E-state index is -1.20. The lowest BCUT2D eigenvalue weighted by atomic mass is 10.0.